The summed E-state index contributed by atoms with van der Waals surface area (Å²) in [6, 6.07) is 7.62. The van der Waals surface area contributed by atoms with Crippen molar-refractivity contribution in [3.8, 4) is 5.75 Å². The lowest BCUT2D eigenvalue weighted by Gasteiger charge is -2.16. The molecule has 1 unspecified atom stereocenters. The smallest absolute Gasteiger partial charge is 0.141 e. The van der Waals surface area contributed by atoms with Crippen molar-refractivity contribution in [2.45, 2.75) is 25.3 Å². The Morgan fingerprint density at radius 2 is 2.24 bits per heavy atom. The number of nitrogens with two attached hydrogens (primary N) is 1. The van der Waals surface area contributed by atoms with Gasteiger partial charge >= 0.3 is 0 Å². The fourth-order valence-corrected chi connectivity index (χ4v) is 2.67. The molecule has 0 fully saturated rings. The van der Waals surface area contributed by atoms with Crippen LogP contribution in [0.25, 0.3) is 0 Å². The van der Waals surface area contributed by atoms with Crippen molar-refractivity contribution < 1.29 is 9.13 Å². The van der Waals surface area contributed by atoms with Crippen molar-refractivity contribution in [2.24, 2.45) is 5.84 Å². The van der Waals surface area contributed by atoms with Crippen molar-refractivity contribution in [1.82, 2.24) is 10.4 Å². The Hall–Kier alpha value is -1.98. The number of pyridine rings is 1. The van der Waals surface area contributed by atoms with Crippen molar-refractivity contribution in [2.75, 3.05) is 6.61 Å². The summed E-state index contributed by atoms with van der Waals surface area (Å²) in [5, 5.41) is 0. The van der Waals surface area contributed by atoms with Crippen LogP contribution in [0.1, 0.15) is 29.2 Å². The van der Waals surface area contributed by atoms with Crippen molar-refractivity contribution >= 4 is 0 Å². The van der Waals surface area contributed by atoms with Gasteiger partial charge < -0.3 is 4.74 Å². The molecular formula is C16H18FN3O. The first kappa shape index (κ1) is 14.0. The van der Waals surface area contributed by atoms with Gasteiger partial charge in [-0.25, -0.2) is 4.39 Å². The zero-order valence-electron chi connectivity index (χ0n) is 11.7. The SMILES string of the molecule is NNC(CCc1ccc2c(c1)CCO2)c1cncc(F)c1. The van der Waals surface area contributed by atoms with E-state index in [1.54, 1.807) is 6.20 Å². The first-order valence-corrected chi connectivity index (χ1v) is 7.07. The van der Waals surface area contributed by atoms with Gasteiger partial charge in [-0.05, 0) is 41.7 Å². The van der Waals surface area contributed by atoms with Crippen LogP contribution in [0.15, 0.2) is 36.7 Å². The Morgan fingerprint density at radius 1 is 1.33 bits per heavy atom. The molecule has 110 valence electrons. The standard InChI is InChI=1S/C16H18FN3O/c17-14-8-13(9-19-10-14)15(20-18)3-1-11-2-4-16-12(7-11)5-6-21-16/h2,4,7-10,15,20H,1,3,5-6,18H2. The van der Waals surface area contributed by atoms with Gasteiger partial charge in [0.15, 0.2) is 0 Å². The summed E-state index contributed by atoms with van der Waals surface area (Å²) in [6.07, 6.45) is 5.44. The van der Waals surface area contributed by atoms with E-state index in [1.165, 1.54) is 23.4 Å². The van der Waals surface area contributed by atoms with E-state index < -0.39 is 0 Å². The normalized spacial score (nSPS) is 14.6. The zero-order chi connectivity index (χ0) is 14.7. The maximum atomic E-state index is 13.2. The monoisotopic (exact) mass is 287 g/mol. The Kier molecular flexibility index (Phi) is 4.13. The highest BCUT2D eigenvalue weighted by Gasteiger charge is 2.14. The van der Waals surface area contributed by atoms with E-state index in [0.29, 0.717) is 0 Å². The van der Waals surface area contributed by atoms with Gasteiger partial charge in [0.05, 0.1) is 12.8 Å². The predicted octanol–water partition coefficient (Wildman–Crippen LogP) is 2.29. The quantitative estimate of drug-likeness (QED) is 0.654. The number of nitrogens with zero attached hydrogens (tertiary/aromatic N) is 1. The second kappa shape index (κ2) is 6.20. The van der Waals surface area contributed by atoms with Crippen LogP contribution in [0.4, 0.5) is 4.39 Å². The number of rotatable bonds is 5. The molecule has 1 atom stereocenters. The highest BCUT2D eigenvalue weighted by atomic mass is 19.1. The molecule has 0 bridgehead atoms. The topological polar surface area (TPSA) is 60.2 Å². The molecule has 3 rings (SSSR count). The number of aromatic nitrogens is 1. The third-order valence-electron chi connectivity index (χ3n) is 3.81. The van der Waals surface area contributed by atoms with Gasteiger partial charge in [-0.1, -0.05) is 12.1 Å². The molecule has 21 heavy (non-hydrogen) atoms. The van der Waals surface area contributed by atoms with Crippen molar-refractivity contribution in [3.05, 3.63) is 59.2 Å². The highest BCUT2D eigenvalue weighted by molar-refractivity contribution is 5.39. The summed E-state index contributed by atoms with van der Waals surface area (Å²) in [5.41, 5.74) is 6.00. The number of benzene rings is 1. The number of hydrazine groups is 1. The summed E-state index contributed by atoms with van der Waals surface area (Å²) in [6.45, 7) is 0.765. The molecule has 4 nitrogen and oxygen atoms in total. The minimum atomic E-state index is -0.345. The zero-order valence-corrected chi connectivity index (χ0v) is 11.7. The second-order valence-corrected chi connectivity index (χ2v) is 5.23. The van der Waals surface area contributed by atoms with Crippen LogP contribution in [0.5, 0.6) is 5.75 Å². The summed E-state index contributed by atoms with van der Waals surface area (Å²) in [4.78, 5) is 3.87. The third-order valence-corrected chi connectivity index (χ3v) is 3.81. The molecule has 1 aromatic carbocycles. The van der Waals surface area contributed by atoms with Crippen LogP contribution in [-0.2, 0) is 12.8 Å². The fourth-order valence-electron chi connectivity index (χ4n) is 2.67. The summed E-state index contributed by atoms with van der Waals surface area (Å²) < 4.78 is 18.7. The van der Waals surface area contributed by atoms with E-state index >= 15 is 0 Å². The van der Waals surface area contributed by atoms with Crippen molar-refractivity contribution in [3.63, 3.8) is 0 Å². The summed E-state index contributed by atoms with van der Waals surface area (Å²) in [7, 11) is 0. The fraction of sp³-hybridized carbons (Fsp3) is 0.312. The number of nitrogens with one attached hydrogen (secondary N) is 1. The molecule has 1 aliphatic heterocycles. The average molecular weight is 287 g/mol. The lowest BCUT2D eigenvalue weighted by atomic mass is 9.99. The molecule has 0 saturated heterocycles. The molecule has 5 heteroatoms. The van der Waals surface area contributed by atoms with Gasteiger partial charge in [-0.15, -0.1) is 0 Å². The van der Waals surface area contributed by atoms with E-state index in [-0.39, 0.29) is 11.9 Å². The maximum absolute atomic E-state index is 13.2. The maximum Gasteiger partial charge on any atom is 0.141 e. The van der Waals surface area contributed by atoms with E-state index in [0.717, 1.165) is 37.2 Å². The molecular weight excluding hydrogens is 269 g/mol. The van der Waals surface area contributed by atoms with Crippen LogP contribution in [0.2, 0.25) is 0 Å². The van der Waals surface area contributed by atoms with E-state index in [1.807, 2.05) is 6.07 Å². The van der Waals surface area contributed by atoms with Crippen LogP contribution in [-0.4, -0.2) is 11.6 Å². The highest BCUT2D eigenvalue weighted by Crippen LogP contribution is 2.27. The molecule has 0 saturated carbocycles. The molecule has 0 radical (unpaired) electrons. The van der Waals surface area contributed by atoms with Gasteiger partial charge in [-0.3, -0.25) is 16.3 Å². The van der Waals surface area contributed by atoms with E-state index in [9.17, 15) is 4.39 Å². The minimum Gasteiger partial charge on any atom is -0.493 e. The van der Waals surface area contributed by atoms with Gasteiger partial charge in [-0.2, -0.15) is 0 Å². The first-order chi connectivity index (χ1) is 10.3. The van der Waals surface area contributed by atoms with Gasteiger partial charge in [0.2, 0.25) is 0 Å². The van der Waals surface area contributed by atoms with Crippen LogP contribution in [0.3, 0.4) is 0 Å². The van der Waals surface area contributed by atoms with E-state index in [4.69, 9.17) is 10.6 Å². The Morgan fingerprint density at radius 3 is 3.05 bits per heavy atom. The van der Waals surface area contributed by atoms with Gasteiger partial charge in [0.1, 0.15) is 11.6 Å². The first-order valence-electron chi connectivity index (χ1n) is 7.07. The molecule has 3 N–H and O–H groups in total. The molecule has 0 aliphatic carbocycles. The Bertz CT molecular complexity index is 633. The number of halogens is 1. The third kappa shape index (κ3) is 3.20. The Labute approximate surface area is 123 Å². The minimum absolute atomic E-state index is 0.113. The Balaban J connectivity index is 1.68. The van der Waals surface area contributed by atoms with Gasteiger partial charge in [0, 0.05) is 18.7 Å². The largest absolute Gasteiger partial charge is 0.493 e. The summed E-state index contributed by atoms with van der Waals surface area (Å²) in [5.74, 6) is 6.23. The number of hydrogen-bond donors (Lipinski definition) is 2. The molecule has 2 heterocycles. The van der Waals surface area contributed by atoms with Crippen LogP contribution in [0, 0.1) is 5.82 Å². The number of aryl methyl sites for hydroxylation is 1. The molecule has 2 aromatic rings. The summed E-state index contributed by atoms with van der Waals surface area (Å²) >= 11 is 0. The predicted molar refractivity (Wildman–Crippen MR) is 78.2 cm³/mol. The number of hydrogen-bond acceptors (Lipinski definition) is 4. The lowest BCUT2D eigenvalue weighted by Crippen LogP contribution is -2.28. The van der Waals surface area contributed by atoms with Crippen LogP contribution < -0.4 is 16.0 Å². The van der Waals surface area contributed by atoms with Crippen LogP contribution >= 0.6 is 0 Å². The number of fused-ring (bicyclic) bond motifs is 1. The molecule has 0 amide bonds. The molecule has 1 aliphatic rings. The second-order valence-electron chi connectivity index (χ2n) is 5.23. The van der Waals surface area contributed by atoms with Gasteiger partial charge in [0.25, 0.3) is 0 Å². The van der Waals surface area contributed by atoms with Crippen molar-refractivity contribution in [1.29, 1.82) is 0 Å². The molecule has 0 spiro atoms. The van der Waals surface area contributed by atoms with E-state index in [2.05, 4.69) is 22.5 Å². The number of ether oxygens (including phenoxy) is 1. The molecule has 1 aromatic heterocycles. The average Bonchev–Trinajstić information content (AvgIpc) is 2.95. The lowest BCUT2D eigenvalue weighted by molar-refractivity contribution is 0.357.